The second kappa shape index (κ2) is 7.99. The van der Waals surface area contributed by atoms with Crippen LogP contribution in [-0.4, -0.2) is 25.2 Å². The molecule has 0 aliphatic carbocycles. The molecule has 5 heteroatoms. The van der Waals surface area contributed by atoms with Crippen LogP contribution in [-0.2, 0) is 11.3 Å². The number of rotatable bonds is 7. The lowest BCUT2D eigenvalue weighted by Gasteiger charge is -2.10. The zero-order valence-corrected chi connectivity index (χ0v) is 12.1. The molecule has 0 amide bonds. The van der Waals surface area contributed by atoms with Crippen molar-refractivity contribution in [2.24, 2.45) is 0 Å². The van der Waals surface area contributed by atoms with Gasteiger partial charge in [-0.3, -0.25) is 0 Å². The minimum absolute atomic E-state index is 0.223. The smallest absolute Gasteiger partial charge is 0.123 e. The molecule has 1 aromatic carbocycles. The predicted molar refractivity (Wildman–Crippen MR) is 78.3 cm³/mol. The van der Waals surface area contributed by atoms with E-state index >= 15 is 0 Å². The van der Waals surface area contributed by atoms with Crippen molar-refractivity contribution in [2.45, 2.75) is 16.5 Å². The minimum Gasteiger partial charge on any atom is -0.383 e. The maximum atomic E-state index is 13.4. The molecule has 0 atom stereocenters. The molecule has 0 saturated heterocycles. The van der Waals surface area contributed by atoms with Gasteiger partial charge >= 0.3 is 0 Å². The highest BCUT2D eigenvalue weighted by Crippen LogP contribution is 2.29. The van der Waals surface area contributed by atoms with Crippen LogP contribution in [0.5, 0.6) is 0 Å². The van der Waals surface area contributed by atoms with E-state index in [0.29, 0.717) is 13.2 Å². The second-order valence-corrected chi connectivity index (χ2v) is 5.25. The number of ether oxygens (including phenoxy) is 1. The van der Waals surface area contributed by atoms with Gasteiger partial charge in [-0.2, -0.15) is 0 Å². The fraction of sp³-hybridized carbons (Fsp3) is 0.267. The normalized spacial score (nSPS) is 10.7. The van der Waals surface area contributed by atoms with Crippen LogP contribution in [0.2, 0.25) is 0 Å². The number of halogens is 1. The van der Waals surface area contributed by atoms with Crippen molar-refractivity contribution in [3.8, 4) is 0 Å². The number of methoxy groups -OCH3 is 1. The highest BCUT2D eigenvalue weighted by Gasteiger charge is 2.06. The molecule has 1 aromatic heterocycles. The maximum Gasteiger partial charge on any atom is 0.123 e. The Morgan fingerprint density at radius 3 is 2.95 bits per heavy atom. The molecule has 1 heterocycles. The Hall–Kier alpha value is -1.43. The zero-order chi connectivity index (χ0) is 14.2. The van der Waals surface area contributed by atoms with Crippen molar-refractivity contribution >= 4 is 11.8 Å². The zero-order valence-electron chi connectivity index (χ0n) is 11.3. The van der Waals surface area contributed by atoms with Gasteiger partial charge in [0.05, 0.1) is 6.61 Å². The minimum atomic E-state index is -0.223. The molecule has 2 aromatic rings. The molecule has 0 spiro atoms. The summed E-state index contributed by atoms with van der Waals surface area (Å²) in [4.78, 5) is 5.29. The summed E-state index contributed by atoms with van der Waals surface area (Å²) in [6.45, 7) is 1.98. The first-order valence-corrected chi connectivity index (χ1v) is 7.18. The van der Waals surface area contributed by atoms with Crippen LogP contribution in [0.1, 0.15) is 5.56 Å². The molecule has 0 saturated carbocycles. The fourth-order valence-corrected chi connectivity index (χ4v) is 2.59. The topological polar surface area (TPSA) is 34.1 Å². The number of nitrogens with one attached hydrogen (secondary N) is 1. The van der Waals surface area contributed by atoms with Crippen molar-refractivity contribution in [3.63, 3.8) is 0 Å². The average Bonchev–Trinajstić information content (AvgIpc) is 2.47. The lowest BCUT2D eigenvalue weighted by Crippen LogP contribution is -2.19. The van der Waals surface area contributed by atoms with E-state index < -0.39 is 0 Å². The Morgan fingerprint density at radius 1 is 1.30 bits per heavy atom. The molecule has 0 bridgehead atoms. The van der Waals surface area contributed by atoms with Crippen LogP contribution in [0.25, 0.3) is 0 Å². The number of benzene rings is 1. The fourth-order valence-electron chi connectivity index (χ4n) is 1.70. The van der Waals surface area contributed by atoms with Gasteiger partial charge in [0, 0.05) is 31.3 Å². The summed E-state index contributed by atoms with van der Waals surface area (Å²) in [5.41, 5.74) is 0.928. The van der Waals surface area contributed by atoms with Crippen molar-refractivity contribution in [1.82, 2.24) is 10.3 Å². The molecule has 106 valence electrons. The molecule has 0 unspecified atom stereocenters. The molecular weight excluding hydrogens is 275 g/mol. The Kier molecular flexibility index (Phi) is 5.98. The van der Waals surface area contributed by atoms with Gasteiger partial charge in [0.1, 0.15) is 10.8 Å². The van der Waals surface area contributed by atoms with Crippen molar-refractivity contribution < 1.29 is 9.13 Å². The first-order chi connectivity index (χ1) is 9.79. The summed E-state index contributed by atoms with van der Waals surface area (Å²) in [6, 6.07) is 10.6. The standard InChI is InChI=1S/C15H17FN2OS/c1-19-9-8-17-11-12-10-13(16)5-6-14(12)20-15-4-2-3-7-18-15/h2-7,10,17H,8-9,11H2,1H3. The molecule has 0 fully saturated rings. The molecule has 0 aliphatic rings. The number of aromatic nitrogens is 1. The molecule has 20 heavy (non-hydrogen) atoms. The van der Waals surface area contributed by atoms with E-state index in [-0.39, 0.29) is 5.82 Å². The van der Waals surface area contributed by atoms with Crippen molar-refractivity contribution in [2.75, 3.05) is 20.3 Å². The Labute approximate surface area is 122 Å². The van der Waals surface area contributed by atoms with E-state index in [9.17, 15) is 4.39 Å². The Bertz CT molecular complexity index is 537. The quantitative estimate of drug-likeness (QED) is 0.795. The van der Waals surface area contributed by atoms with Gasteiger partial charge in [0.2, 0.25) is 0 Å². The van der Waals surface area contributed by atoms with E-state index in [4.69, 9.17) is 4.74 Å². The average molecular weight is 292 g/mol. The highest BCUT2D eigenvalue weighted by molar-refractivity contribution is 7.99. The Balaban J connectivity index is 2.07. The predicted octanol–water partition coefficient (Wildman–Crippen LogP) is 3.11. The number of hydrogen-bond donors (Lipinski definition) is 1. The van der Waals surface area contributed by atoms with Gasteiger partial charge in [-0.25, -0.2) is 9.37 Å². The van der Waals surface area contributed by atoms with Gasteiger partial charge in [0.15, 0.2) is 0 Å². The third-order valence-corrected chi connectivity index (χ3v) is 3.74. The number of nitrogens with zero attached hydrogens (tertiary/aromatic N) is 1. The molecular formula is C15H17FN2OS. The highest BCUT2D eigenvalue weighted by atomic mass is 32.2. The molecule has 1 N–H and O–H groups in total. The maximum absolute atomic E-state index is 13.4. The summed E-state index contributed by atoms with van der Waals surface area (Å²) in [7, 11) is 1.66. The van der Waals surface area contributed by atoms with Crippen LogP contribution in [0.4, 0.5) is 4.39 Å². The largest absolute Gasteiger partial charge is 0.383 e. The van der Waals surface area contributed by atoms with E-state index in [1.807, 2.05) is 18.2 Å². The SMILES string of the molecule is COCCNCc1cc(F)ccc1Sc1ccccn1. The lowest BCUT2D eigenvalue weighted by molar-refractivity contribution is 0.199. The van der Waals surface area contributed by atoms with Gasteiger partial charge in [-0.15, -0.1) is 0 Å². The molecule has 0 aliphatic heterocycles. The number of hydrogen-bond acceptors (Lipinski definition) is 4. The summed E-state index contributed by atoms with van der Waals surface area (Å²) >= 11 is 1.54. The molecule has 0 radical (unpaired) electrons. The third kappa shape index (κ3) is 4.59. The second-order valence-electron chi connectivity index (χ2n) is 4.19. The first-order valence-electron chi connectivity index (χ1n) is 6.36. The first kappa shape index (κ1) is 15.0. The Morgan fingerprint density at radius 2 is 2.20 bits per heavy atom. The van der Waals surface area contributed by atoms with Crippen LogP contribution in [0, 0.1) is 5.82 Å². The van der Waals surface area contributed by atoms with Crippen LogP contribution >= 0.6 is 11.8 Å². The third-order valence-electron chi connectivity index (χ3n) is 2.67. The van der Waals surface area contributed by atoms with Crippen LogP contribution in [0.15, 0.2) is 52.5 Å². The lowest BCUT2D eigenvalue weighted by atomic mass is 10.2. The molecule has 3 nitrogen and oxygen atoms in total. The van der Waals surface area contributed by atoms with E-state index in [1.165, 1.54) is 17.8 Å². The van der Waals surface area contributed by atoms with Crippen LogP contribution in [0.3, 0.4) is 0 Å². The van der Waals surface area contributed by atoms with Gasteiger partial charge < -0.3 is 10.1 Å². The van der Waals surface area contributed by atoms with Crippen LogP contribution < -0.4 is 5.32 Å². The molecule has 2 rings (SSSR count). The van der Waals surface area contributed by atoms with Gasteiger partial charge in [0.25, 0.3) is 0 Å². The van der Waals surface area contributed by atoms with E-state index in [1.54, 1.807) is 25.4 Å². The summed E-state index contributed by atoms with van der Waals surface area (Å²) in [5.74, 6) is -0.223. The van der Waals surface area contributed by atoms with E-state index in [0.717, 1.165) is 22.0 Å². The van der Waals surface area contributed by atoms with E-state index in [2.05, 4.69) is 10.3 Å². The van der Waals surface area contributed by atoms with Crippen molar-refractivity contribution in [1.29, 1.82) is 0 Å². The monoisotopic (exact) mass is 292 g/mol. The van der Waals surface area contributed by atoms with Gasteiger partial charge in [-0.1, -0.05) is 17.8 Å². The summed E-state index contributed by atoms with van der Waals surface area (Å²) < 4.78 is 18.4. The number of pyridine rings is 1. The van der Waals surface area contributed by atoms with Gasteiger partial charge in [-0.05, 0) is 35.9 Å². The summed E-state index contributed by atoms with van der Waals surface area (Å²) in [6.07, 6.45) is 1.75. The van der Waals surface area contributed by atoms with Crippen molar-refractivity contribution in [3.05, 3.63) is 54.0 Å². The summed E-state index contributed by atoms with van der Waals surface area (Å²) in [5, 5.41) is 4.13.